The lowest BCUT2D eigenvalue weighted by molar-refractivity contribution is -0.155. The molecule has 0 bridgehead atoms. The minimum absolute atomic E-state index is 0.0594. The number of nitrogens with one attached hydrogen (secondary N) is 3. The van der Waals surface area contributed by atoms with Crippen LogP contribution in [-0.2, 0) is 73.1 Å². The molecule has 1 rings (SSSR count). The number of esters is 1. The molecule has 340 valence electrons. The summed E-state index contributed by atoms with van der Waals surface area (Å²) in [5, 5.41) is 8.20. The van der Waals surface area contributed by atoms with E-state index in [4.69, 9.17) is 52.1 Å². The van der Waals surface area contributed by atoms with Crippen molar-refractivity contribution in [3.63, 3.8) is 0 Å². The van der Waals surface area contributed by atoms with Crippen LogP contribution in [0.3, 0.4) is 0 Å². The standard InChI is InChI=1S/C41H71N3O15/c1-41(2,3)59-38(46)14-10-16-43-39(47)36(44-40(48)58-33-35-11-6-5-7-12-35)13-8-9-15-42-37(45)34-57-32-31-56-30-29-55-28-27-54-26-25-53-24-23-52-22-21-51-20-19-50-18-17-49-4/h5-7,11-12,36H,8-10,13-34H2,1-4H3,(H,42,45)(H,43,47)(H,44,48)/t36-/m0/s1. The molecule has 0 aromatic heterocycles. The van der Waals surface area contributed by atoms with Crippen molar-refractivity contribution in [2.45, 2.75) is 71.1 Å². The summed E-state index contributed by atoms with van der Waals surface area (Å²) in [5.41, 5.74) is 0.230. The van der Waals surface area contributed by atoms with Crippen LogP contribution in [0.25, 0.3) is 0 Å². The third-order valence-corrected chi connectivity index (χ3v) is 7.61. The fourth-order valence-corrected chi connectivity index (χ4v) is 4.73. The van der Waals surface area contributed by atoms with Crippen molar-refractivity contribution in [2.75, 3.05) is 133 Å². The van der Waals surface area contributed by atoms with Gasteiger partial charge in [0.1, 0.15) is 24.9 Å². The van der Waals surface area contributed by atoms with E-state index >= 15 is 0 Å². The van der Waals surface area contributed by atoms with Crippen LogP contribution < -0.4 is 16.0 Å². The Hall–Kier alpha value is -3.46. The van der Waals surface area contributed by atoms with Gasteiger partial charge in [-0.3, -0.25) is 14.4 Å². The first-order valence-electron chi connectivity index (χ1n) is 20.4. The number of rotatable bonds is 39. The van der Waals surface area contributed by atoms with E-state index in [0.717, 1.165) is 5.56 Å². The van der Waals surface area contributed by atoms with Crippen LogP contribution in [0.5, 0.6) is 0 Å². The molecule has 0 heterocycles. The molecule has 0 saturated heterocycles. The second kappa shape index (κ2) is 37.5. The number of ether oxygens (including phenoxy) is 11. The molecule has 0 aliphatic carbocycles. The number of carbonyl (C=O) groups excluding carboxylic acids is 4. The number of methoxy groups -OCH3 is 1. The van der Waals surface area contributed by atoms with E-state index in [0.29, 0.717) is 131 Å². The zero-order valence-corrected chi connectivity index (χ0v) is 35.8. The molecule has 0 aliphatic heterocycles. The van der Waals surface area contributed by atoms with Crippen LogP contribution in [0.1, 0.15) is 58.4 Å². The Morgan fingerprint density at radius 1 is 0.593 bits per heavy atom. The molecule has 3 N–H and O–H groups in total. The first-order chi connectivity index (χ1) is 28.6. The Balaban J connectivity index is 2.04. The average Bonchev–Trinajstić information content (AvgIpc) is 3.20. The van der Waals surface area contributed by atoms with E-state index in [1.165, 1.54) is 0 Å². The summed E-state index contributed by atoms with van der Waals surface area (Å²) < 4.78 is 58.9. The molecule has 0 saturated carbocycles. The smallest absolute Gasteiger partial charge is 0.408 e. The minimum atomic E-state index is -0.861. The van der Waals surface area contributed by atoms with Gasteiger partial charge >= 0.3 is 12.1 Å². The highest BCUT2D eigenvalue weighted by molar-refractivity contribution is 5.85. The molecule has 1 aromatic carbocycles. The van der Waals surface area contributed by atoms with E-state index in [2.05, 4.69) is 16.0 Å². The zero-order chi connectivity index (χ0) is 43.1. The zero-order valence-electron chi connectivity index (χ0n) is 35.8. The van der Waals surface area contributed by atoms with Crippen LogP contribution in [-0.4, -0.2) is 168 Å². The second-order valence-corrected chi connectivity index (χ2v) is 13.9. The van der Waals surface area contributed by atoms with E-state index in [9.17, 15) is 19.2 Å². The predicted octanol–water partition coefficient (Wildman–Crippen LogP) is 2.59. The second-order valence-electron chi connectivity index (χ2n) is 13.9. The Morgan fingerprint density at radius 3 is 1.56 bits per heavy atom. The number of benzene rings is 1. The lowest BCUT2D eigenvalue weighted by Crippen LogP contribution is -2.47. The van der Waals surface area contributed by atoms with Gasteiger partial charge in [0, 0.05) is 26.6 Å². The lowest BCUT2D eigenvalue weighted by Gasteiger charge is -2.20. The number of hydrogen-bond acceptors (Lipinski definition) is 15. The first-order valence-corrected chi connectivity index (χ1v) is 20.4. The number of hydrogen-bond donors (Lipinski definition) is 3. The summed E-state index contributed by atoms with van der Waals surface area (Å²) in [6, 6.07) is 8.34. The predicted molar refractivity (Wildman–Crippen MR) is 217 cm³/mol. The summed E-state index contributed by atoms with van der Waals surface area (Å²) in [5.74, 6) is -1.01. The lowest BCUT2D eigenvalue weighted by atomic mass is 10.1. The topological polar surface area (TPSA) is 206 Å². The molecule has 1 atom stereocenters. The molecule has 18 nitrogen and oxygen atoms in total. The molecule has 0 radical (unpaired) electrons. The number of unbranched alkanes of at least 4 members (excludes halogenated alkanes) is 1. The number of alkyl carbamates (subject to hydrolysis) is 1. The third kappa shape index (κ3) is 36.1. The summed E-state index contributed by atoms with van der Waals surface area (Å²) in [6.07, 6.45) is 1.24. The van der Waals surface area contributed by atoms with Crippen LogP contribution in [0.15, 0.2) is 30.3 Å². The molecular weight excluding hydrogens is 774 g/mol. The molecule has 3 amide bonds. The monoisotopic (exact) mass is 845 g/mol. The fraction of sp³-hybridized carbons (Fsp3) is 0.756. The SMILES string of the molecule is COCCOCCOCCOCCOCCOCCOCCOCCOCC(=O)NCCCC[C@H](NC(=O)OCc1ccccc1)C(=O)NCCCC(=O)OC(C)(C)C. The Kier molecular flexibility index (Phi) is 34.1. The third-order valence-electron chi connectivity index (χ3n) is 7.61. The summed E-state index contributed by atoms with van der Waals surface area (Å²) in [6.45, 7) is 13.3. The van der Waals surface area contributed by atoms with Crippen molar-refractivity contribution < 1.29 is 71.3 Å². The highest BCUT2D eigenvalue weighted by atomic mass is 16.6. The van der Waals surface area contributed by atoms with Gasteiger partial charge in [0.25, 0.3) is 0 Å². The molecule has 1 aromatic rings. The summed E-state index contributed by atoms with van der Waals surface area (Å²) >= 11 is 0. The van der Waals surface area contributed by atoms with Crippen molar-refractivity contribution in [1.29, 1.82) is 0 Å². The molecular formula is C41H71N3O15. The van der Waals surface area contributed by atoms with Gasteiger partial charge in [0.05, 0.1) is 106 Å². The molecule has 0 fully saturated rings. The van der Waals surface area contributed by atoms with Crippen molar-refractivity contribution >= 4 is 23.9 Å². The highest BCUT2D eigenvalue weighted by Gasteiger charge is 2.22. The molecule has 0 spiro atoms. The van der Waals surface area contributed by atoms with Crippen LogP contribution in [0.4, 0.5) is 4.79 Å². The van der Waals surface area contributed by atoms with E-state index in [-0.39, 0.29) is 44.7 Å². The van der Waals surface area contributed by atoms with Crippen molar-refractivity contribution in [3.05, 3.63) is 35.9 Å². The number of amides is 3. The Labute approximate surface area is 350 Å². The van der Waals surface area contributed by atoms with Gasteiger partial charge in [-0.15, -0.1) is 0 Å². The normalized spacial score (nSPS) is 11.9. The Morgan fingerprint density at radius 2 is 1.07 bits per heavy atom. The van der Waals surface area contributed by atoms with Gasteiger partial charge in [-0.2, -0.15) is 0 Å². The quantitative estimate of drug-likeness (QED) is 0.0644. The maximum atomic E-state index is 13.0. The van der Waals surface area contributed by atoms with E-state index < -0.39 is 23.6 Å². The van der Waals surface area contributed by atoms with Crippen LogP contribution in [0.2, 0.25) is 0 Å². The molecule has 0 unspecified atom stereocenters. The van der Waals surface area contributed by atoms with Crippen molar-refractivity contribution in [2.24, 2.45) is 0 Å². The van der Waals surface area contributed by atoms with Gasteiger partial charge in [0.15, 0.2) is 0 Å². The molecule has 0 aliphatic rings. The van der Waals surface area contributed by atoms with Gasteiger partial charge in [0.2, 0.25) is 11.8 Å². The fourth-order valence-electron chi connectivity index (χ4n) is 4.73. The van der Waals surface area contributed by atoms with Crippen molar-refractivity contribution in [1.82, 2.24) is 16.0 Å². The van der Waals surface area contributed by atoms with Crippen molar-refractivity contribution in [3.8, 4) is 0 Å². The maximum absolute atomic E-state index is 13.0. The van der Waals surface area contributed by atoms with Gasteiger partial charge in [-0.05, 0) is 52.0 Å². The summed E-state index contributed by atoms with van der Waals surface area (Å²) in [7, 11) is 1.63. The molecule has 18 heteroatoms. The van der Waals surface area contributed by atoms with Crippen LogP contribution in [0, 0.1) is 0 Å². The minimum Gasteiger partial charge on any atom is -0.460 e. The van der Waals surface area contributed by atoms with Gasteiger partial charge < -0.3 is 68.1 Å². The van der Waals surface area contributed by atoms with Crippen LogP contribution >= 0.6 is 0 Å². The number of carbonyl (C=O) groups is 4. The van der Waals surface area contributed by atoms with Gasteiger partial charge in [-0.25, -0.2) is 4.79 Å². The largest absolute Gasteiger partial charge is 0.460 e. The van der Waals surface area contributed by atoms with Gasteiger partial charge in [-0.1, -0.05) is 30.3 Å². The highest BCUT2D eigenvalue weighted by Crippen LogP contribution is 2.09. The first kappa shape index (κ1) is 53.6. The molecule has 59 heavy (non-hydrogen) atoms. The average molecular weight is 846 g/mol. The van der Waals surface area contributed by atoms with E-state index in [1.54, 1.807) is 27.9 Å². The maximum Gasteiger partial charge on any atom is 0.408 e. The Bertz CT molecular complexity index is 1190. The van der Waals surface area contributed by atoms with E-state index in [1.807, 2.05) is 30.3 Å². The summed E-state index contributed by atoms with van der Waals surface area (Å²) in [4.78, 5) is 49.6.